The summed E-state index contributed by atoms with van der Waals surface area (Å²) in [6, 6.07) is 1.35. The molecule has 2 nitrogen and oxygen atoms in total. The van der Waals surface area contributed by atoms with E-state index in [2.05, 4.69) is 44.8 Å². The molecule has 1 heterocycles. The fourth-order valence-corrected chi connectivity index (χ4v) is 2.65. The van der Waals surface area contributed by atoms with E-state index >= 15 is 0 Å². The summed E-state index contributed by atoms with van der Waals surface area (Å²) >= 11 is 0. The predicted molar refractivity (Wildman–Crippen MR) is 71.8 cm³/mol. The van der Waals surface area contributed by atoms with E-state index in [4.69, 9.17) is 0 Å². The van der Waals surface area contributed by atoms with Crippen LogP contribution in [0.4, 0.5) is 0 Å². The highest BCUT2D eigenvalue weighted by molar-refractivity contribution is 4.91. The average Bonchev–Trinajstić information content (AvgIpc) is 2.16. The molecule has 1 aliphatic heterocycles. The van der Waals surface area contributed by atoms with Crippen molar-refractivity contribution in [2.24, 2.45) is 5.41 Å². The number of hydrogen-bond acceptors (Lipinski definition) is 2. The van der Waals surface area contributed by atoms with Crippen LogP contribution in [-0.2, 0) is 0 Å². The third kappa shape index (κ3) is 4.06. The lowest BCUT2D eigenvalue weighted by molar-refractivity contribution is 0.0577. The van der Waals surface area contributed by atoms with E-state index in [1.54, 1.807) is 0 Å². The van der Waals surface area contributed by atoms with E-state index < -0.39 is 0 Å². The molecule has 1 rings (SSSR count). The summed E-state index contributed by atoms with van der Waals surface area (Å²) in [5.74, 6) is 0. The molecule has 1 fully saturated rings. The van der Waals surface area contributed by atoms with Crippen LogP contribution < -0.4 is 5.32 Å². The Bertz CT molecular complexity index is 195. The highest BCUT2D eigenvalue weighted by Crippen LogP contribution is 2.26. The van der Waals surface area contributed by atoms with Crippen LogP contribution in [0.1, 0.15) is 53.9 Å². The summed E-state index contributed by atoms with van der Waals surface area (Å²) < 4.78 is 0. The number of rotatable bonds is 4. The molecule has 0 radical (unpaired) electrons. The Hall–Kier alpha value is -0.0800. The second kappa shape index (κ2) is 6.02. The van der Waals surface area contributed by atoms with E-state index in [0.29, 0.717) is 17.5 Å². The minimum Gasteiger partial charge on any atom is -0.311 e. The topological polar surface area (TPSA) is 15.3 Å². The second-order valence-electron chi connectivity index (χ2n) is 6.39. The first-order valence-corrected chi connectivity index (χ1v) is 6.92. The lowest BCUT2D eigenvalue weighted by Gasteiger charge is -2.46. The zero-order chi connectivity index (χ0) is 12.2. The summed E-state index contributed by atoms with van der Waals surface area (Å²) in [6.07, 6.45) is 4.05. The molecule has 2 atom stereocenters. The Labute approximate surface area is 102 Å². The van der Waals surface area contributed by atoms with Gasteiger partial charge in [-0.1, -0.05) is 40.5 Å². The lowest BCUT2D eigenvalue weighted by Crippen LogP contribution is -2.59. The smallest absolute Gasteiger partial charge is 0.0269 e. The third-order valence-electron chi connectivity index (χ3n) is 3.66. The van der Waals surface area contributed by atoms with Crippen LogP contribution in [0.5, 0.6) is 0 Å². The molecule has 1 N–H and O–H groups in total. The van der Waals surface area contributed by atoms with Gasteiger partial charge in [-0.15, -0.1) is 0 Å². The molecule has 0 saturated carbocycles. The first kappa shape index (κ1) is 14.0. The van der Waals surface area contributed by atoms with Gasteiger partial charge in [0.25, 0.3) is 0 Å². The number of hydrogen-bond donors (Lipinski definition) is 1. The van der Waals surface area contributed by atoms with E-state index in [1.165, 1.54) is 32.4 Å². The molecule has 0 amide bonds. The first-order valence-electron chi connectivity index (χ1n) is 6.92. The maximum Gasteiger partial charge on any atom is 0.0269 e. The fourth-order valence-electron chi connectivity index (χ4n) is 2.65. The van der Waals surface area contributed by atoms with Crippen molar-refractivity contribution in [3.63, 3.8) is 0 Å². The fraction of sp³-hybridized carbons (Fsp3) is 1.00. The lowest BCUT2D eigenvalue weighted by atomic mass is 9.84. The van der Waals surface area contributed by atoms with Crippen molar-refractivity contribution in [3.8, 4) is 0 Å². The second-order valence-corrected chi connectivity index (χ2v) is 6.39. The molecule has 2 heteroatoms. The van der Waals surface area contributed by atoms with Crippen LogP contribution in [-0.4, -0.2) is 36.6 Å². The summed E-state index contributed by atoms with van der Waals surface area (Å²) in [7, 11) is 0. The van der Waals surface area contributed by atoms with Crippen LogP contribution in [0.2, 0.25) is 0 Å². The molecule has 0 aliphatic carbocycles. The van der Waals surface area contributed by atoms with Crippen LogP contribution >= 0.6 is 0 Å². The Balaban J connectivity index is 2.51. The highest BCUT2D eigenvalue weighted by atomic mass is 15.2. The summed E-state index contributed by atoms with van der Waals surface area (Å²) in [5, 5.41) is 3.62. The Kier molecular flexibility index (Phi) is 5.26. The highest BCUT2D eigenvalue weighted by Gasteiger charge is 2.33. The maximum atomic E-state index is 3.62. The van der Waals surface area contributed by atoms with Crippen molar-refractivity contribution in [3.05, 3.63) is 0 Å². The SMILES string of the molecule is CCCCCN1CC(C)NCC1C(C)(C)C. The molecule has 0 bridgehead atoms. The standard InChI is InChI=1S/C14H30N2/c1-6-7-8-9-16-11-12(2)15-10-13(16)14(3,4)5/h12-13,15H,6-11H2,1-5H3. The van der Waals surface area contributed by atoms with Crippen molar-refractivity contribution in [2.75, 3.05) is 19.6 Å². The Morgan fingerprint density at radius 2 is 1.94 bits per heavy atom. The van der Waals surface area contributed by atoms with Crippen molar-refractivity contribution in [1.82, 2.24) is 10.2 Å². The molecule has 96 valence electrons. The van der Waals surface area contributed by atoms with Crippen molar-refractivity contribution >= 4 is 0 Å². The molecule has 0 spiro atoms. The van der Waals surface area contributed by atoms with Gasteiger partial charge in [-0.2, -0.15) is 0 Å². The van der Waals surface area contributed by atoms with Gasteiger partial charge in [-0.25, -0.2) is 0 Å². The van der Waals surface area contributed by atoms with Gasteiger partial charge in [0, 0.05) is 25.2 Å². The predicted octanol–water partition coefficient (Wildman–Crippen LogP) is 2.89. The molecule has 16 heavy (non-hydrogen) atoms. The Morgan fingerprint density at radius 1 is 1.25 bits per heavy atom. The van der Waals surface area contributed by atoms with Gasteiger partial charge in [-0.05, 0) is 25.3 Å². The van der Waals surface area contributed by atoms with Crippen molar-refractivity contribution in [1.29, 1.82) is 0 Å². The van der Waals surface area contributed by atoms with Crippen LogP contribution in [0.3, 0.4) is 0 Å². The zero-order valence-electron chi connectivity index (χ0n) is 11.8. The first-order chi connectivity index (χ1) is 7.45. The normalized spacial score (nSPS) is 28.3. The molecule has 2 unspecified atom stereocenters. The van der Waals surface area contributed by atoms with Crippen LogP contribution in [0.25, 0.3) is 0 Å². The zero-order valence-corrected chi connectivity index (χ0v) is 11.8. The third-order valence-corrected chi connectivity index (χ3v) is 3.66. The van der Waals surface area contributed by atoms with Crippen molar-refractivity contribution < 1.29 is 0 Å². The molecule has 0 aromatic heterocycles. The molecular formula is C14H30N2. The number of unbranched alkanes of at least 4 members (excludes halogenated alkanes) is 2. The average molecular weight is 226 g/mol. The van der Waals surface area contributed by atoms with Gasteiger partial charge in [0.1, 0.15) is 0 Å². The number of piperazine rings is 1. The molecule has 0 aromatic rings. The molecule has 1 aliphatic rings. The van der Waals surface area contributed by atoms with Crippen LogP contribution in [0, 0.1) is 5.41 Å². The van der Waals surface area contributed by atoms with Crippen molar-refractivity contribution in [2.45, 2.75) is 66.0 Å². The minimum absolute atomic E-state index is 0.388. The molecule has 0 aromatic carbocycles. The largest absolute Gasteiger partial charge is 0.311 e. The molecule has 1 saturated heterocycles. The van der Waals surface area contributed by atoms with E-state index in [0.717, 1.165) is 6.54 Å². The molecular weight excluding hydrogens is 196 g/mol. The van der Waals surface area contributed by atoms with E-state index in [9.17, 15) is 0 Å². The summed E-state index contributed by atoms with van der Waals surface area (Å²) in [6.45, 7) is 15.3. The van der Waals surface area contributed by atoms with Gasteiger partial charge in [-0.3, -0.25) is 4.90 Å². The minimum atomic E-state index is 0.388. The number of nitrogens with zero attached hydrogens (tertiary/aromatic N) is 1. The summed E-state index contributed by atoms with van der Waals surface area (Å²) in [4.78, 5) is 2.71. The Morgan fingerprint density at radius 3 is 2.50 bits per heavy atom. The van der Waals surface area contributed by atoms with Gasteiger partial charge in [0.2, 0.25) is 0 Å². The quantitative estimate of drug-likeness (QED) is 0.742. The van der Waals surface area contributed by atoms with Crippen LogP contribution in [0.15, 0.2) is 0 Å². The van der Waals surface area contributed by atoms with E-state index in [1.807, 2.05) is 0 Å². The van der Waals surface area contributed by atoms with Gasteiger partial charge in [0.05, 0.1) is 0 Å². The number of nitrogens with one attached hydrogen (secondary N) is 1. The summed E-state index contributed by atoms with van der Waals surface area (Å²) in [5.41, 5.74) is 0.388. The van der Waals surface area contributed by atoms with Gasteiger partial charge >= 0.3 is 0 Å². The monoisotopic (exact) mass is 226 g/mol. The van der Waals surface area contributed by atoms with Gasteiger partial charge in [0.15, 0.2) is 0 Å². The van der Waals surface area contributed by atoms with E-state index in [-0.39, 0.29) is 0 Å². The van der Waals surface area contributed by atoms with Gasteiger partial charge < -0.3 is 5.32 Å². The maximum absolute atomic E-state index is 3.62.